The predicted octanol–water partition coefficient (Wildman–Crippen LogP) is 3.84. The zero-order valence-electron chi connectivity index (χ0n) is 20.0. The van der Waals surface area contributed by atoms with Gasteiger partial charge in [0.25, 0.3) is 11.5 Å². The third-order valence-corrected chi connectivity index (χ3v) is 6.08. The van der Waals surface area contributed by atoms with Gasteiger partial charge in [0.05, 0.1) is 17.4 Å². The first kappa shape index (κ1) is 24.7. The molecule has 2 aromatic carbocycles. The zero-order valence-corrected chi connectivity index (χ0v) is 20.8. The van der Waals surface area contributed by atoms with Crippen molar-refractivity contribution in [3.8, 4) is 0 Å². The molecule has 0 aliphatic carbocycles. The number of hydrogen-bond donors (Lipinski definition) is 1. The highest BCUT2D eigenvalue weighted by molar-refractivity contribution is 6.31. The summed E-state index contributed by atoms with van der Waals surface area (Å²) in [6, 6.07) is 8.53. The molecule has 0 saturated carbocycles. The largest absolute Gasteiger partial charge is 0.352 e. The summed E-state index contributed by atoms with van der Waals surface area (Å²) in [6.07, 6.45) is 0.709. The molecule has 0 spiro atoms. The molecule has 0 fully saturated rings. The molecule has 2 heterocycles. The van der Waals surface area contributed by atoms with Crippen molar-refractivity contribution in [2.45, 2.75) is 53.2 Å². The number of benzene rings is 2. The molecule has 2 aromatic heterocycles. The molecule has 0 aliphatic rings. The van der Waals surface area contributed by atoms with E-state index in [1.165, 1.54) is 37.9 Å². The fourth-order valence-electron chi connectivity index (χ4n) is 3.91. The van der Waals surface area contributed by atoms with E-state index in [1.807, 2.05) is 27.7 Å². The first-order valence-electron chi connectivity index (χ1n) is 11.5. The summed E-state index contributed by atoms with van der Waals surface area (Å²) in [5, 5.41) is 7.76. The minimum atomic E-state index is -0.495. The number of amides is 1. The summed E-state index contributed by atoms with van der Waals surface area (Å²) in [4.78, 5) is 39.5. The standard InChI is InChI=1S/C25H27ClFN5O3/c1-14(2)9-10-30-23(34)19-8-6-16(22(33)28-15(3)4)11-21(19)32-24(30)29-31(25(32)35)13-17-5-7-18(27)12-20(17)26/h5-8,11-12,14-15H,9-10,13H2,1-4H3,(H,28,33). The molecule has 1 N–H and O–H groups in total. The Morgan fingerprint density at radius 2 is 1.86 bits per heavy atom. The second-order valence-corrected chi connectivity index (χ2v) is 9.72. The lowest BCUT2D eigenvalue weighted by Crippen LogP contribution is -2.30. The van der Waals surface area contributed by atoms with Gasteiger partial charge in [-0.25, -0.2) is 18.3 Å². The minimum Gasteiger partial charge on any atom is -0.350 e. The molecule has 0 saturated heterocycles. The number of aromatic nitrogens is 4. The Balaban J connectivity index is 1.96. The number of rotatable bonds is 7. The van der Waals surface area contributed by atoms with Crippen molar-refractivity contribution < 1.29 is 9.18 Å². The van der Waals surface area contributed by atoms with Crippen molar-refractivity contribution in [3.63, 3.8) is 0 Å². The van der Waals surface area contributed by atoms with E-state index in [0.717, 1.165) is 0 Å². The summed E-state index contributed by atoms with van der Waals surface area (Å²) in [5.74, 6) is -0.293. The van der Waals surface area contributed by atoms with Crippen LogP contribution < -0.4 is 16.6 Å². The fourth-order valence-corrected chi connectivity index (χ4v) is 4.13. The predicted molar refractivity (Wildman–Crippen MR) is 134 cm³/mol. The number of carbonyl (C=O) groups is 1. The van der Waals surface area contributed by atoms with E-state index in [0.29, 0.717) is 40.9 Å². The minimum absolute atomic E-state index is 0.00693. The van der Waals surface area contributed by atoms with Crippen molar-refractivity contribution in [1.82, 2.24) is 24.1 Å². The highest BCUT2D eigenvalue weighted by atomic mass is 35.5. The van der Waals surface area contributed by atoms with Crippen LogP contribution in [0.25, 0.3) is 16.7 Å². The maximum Gasteiger partial charge on any atom is 0.352 e. The molecule has 1 amide bonds. The molecule has 0 bridgehead atoms. The molecule has 35 heavy (non-hydrogen) atoms. The Kier molecular flexibility index (Phi) is 6.80. The number of nitrogens with zero attached hydrogens (tertiary/aromatic N) is 4. The monoisotopic (exact) mass is 499 g/mol. The molecule has 4 aromatic rings. The number of nitrogens with one attached hydrogen (secondary N) is 1. The summed E-state index contributed by atoms with van der Waals surface area (Å²) in [7, 11) is 0. The van der Waals surface area contributed by atoms with E-state index in [9.17, 15) is 18.8 Å². The Morgan fingerprint density at radius 1 is 1.11 bits per heavy atom. The number of halogens is 2. The molecule has 0 aliphatic heterocycles. The molecule has 4 rings (SSSR count). The number of hydrogen-bond acceptors (Lipinski definition) is 4. The molecule has 10 heteroatoms. The van der Waals surface area contributed by atoms with Gasteiger partial charge >= 0.3 is 5.69 Å². The van der Waals surface area contributed by atoms with E-state index >= 15 is 0 Å². The molecule has 8 nitrogen and oxygen atoms in total. The summed E-state index contributed by atoms with van der Waals surface area (Å²) >= 11 is 6.17. The number of aryl methyl sites for hydroxylation is 1. The lowest BCUT2D eigenvalue weighted by molar-refractivity contribution is 0.0943. The van der Waals surface area contributed by atoms with Gasteiger partial charge in [0.2, 0.25) is 5.78 Å². The van der Waals surface area contributed by atoms with Crippen molar-refractivity contribution in [3.05, 3.63) is 79.2 Å². The average Bonchev–Trinajstić information content (AvgIpc) is 3.10. The zero-order chi connectivity index (χ0) is 25.4. The SMILES string of the molecule is CC(C)CCn1c(=O)c2ccc(C(=O)NC(C)C)cc2n2c(=O)n(Cc3ccc(F)cc3Cl)nc12. The molecular weight excluding hydrogens is 473 g/mol. The maximum absolute atomic E-state index is 13.5. The fraction of sp³-hybridized carbons (Fsp3) is 0.360. The maximum atomic E-state index is 13.5. The van der Waals surface area contributed by atoms with Gasteiger partial charge in [-0.2, -0.15) is 0 Å². The van der Waals surface area contributed by atoms with Crippen molar-refractivity contribution in [2.75, 3.05) is 0 Å². The van der Waals surface area contributed by atoms with Gasteiger partial charge in [0, 0.05) is 23.2 Å². The second kappa shape index (κ2) is 9.65. The van der Waals surface area contributed by atoms with Gasteiger partial charge in [-0.05, 0) is 62.1 Å². The topological polar surface area (TPSA) is 90.4 Å². The average molecular weight is 500 g/mol. The number of fused-ring (bicyclic) bond motifs is 3. The van der Waals surface area contributed by atoms with Crippen LogP contribution >= 0.6 is 11.6 Å². The Labute approximate surface area is 205 Å². The van der Waals surface area contributed by atoms with Gasteiger partial charge in [-0.15, -0.1) is 5.10 Å². The normalized spacial score (nSPS) is 11.8. The van der Waals surface area contributed by atoms with Gasteiger partial charge < -0.3 is 5.32 Å². The van der Waals surface area contributed by atoms with E-state index < -0.39 is 11.5 Å². The molecule has 0 radical (unpaired) electrons. The van der Waals surface area contributed by atoms with Crippen molar-refractivity contribution in [2.24, 2.45) is 5.92 Å². The first-order valence-corrected chi connectivity index (χ1v) is 11.9. The van der Waals surface area contributed by atoms with Crippen LogP contribution in [0.1, 0.15) is 50.0 Å². The van der Waals surface area contributed by atoms with Gasteiger partial charge in [0.1, 0.15) is 5.82 Å². The van der Waals surface area contributed by atoms with Crippen LogP contribution in [0, 0.1) is 11.7 Å². The Hall–Kier alpha value is -3.46. The molecular formula is C25H27ClFN5O3. The van der Waals surface area contributed by atoms with E-state index in [-0.39, 0.29) is 34.9 Å². The quantitative estimate of drug-likeness (QED) is 0.418. The summed E-state index contributed by atoms with van der Waals surface area (Å²) in [6.45, 7) is 8.15. The smallest absolute Gasteiger partial charge is 0.350 e. The third kappa shape index (κ3) is 4.86. The lowest BCUT2D eigenvalue weighted by atomic mass is 10.1. The first-order chi connectivity index (χ1) is 16.6. The van der Waals surface area contributed by atoms with E-state index in [1.54, 1.807) is 12.1 Å². The van der Waals surface area contributed by atoms with Gasteiger partial charge in [-0.1, -0.05) is 31.5 Å². The van der Waals surface area contributed by atoms with Crippen LogP contribution in [-0.2, 0) is 13.1 Å². The lowest BCUT2D eigenvalue weighted by Gasteiger charge is -2.12. The van der Waals surface area contributed by atoms with Crippen LogP contribution in [0.15, 0.2) is 46.0 Å². The highest BCUT2D eigenvalue weighted by Gasteiger charge is 2.20. The summed E-state index contributed by atoms with van der Waals surface area (Å²) < 4.78 is 17.5. The van der Waals surface area contributed by atoms with E-state index in [2.05, 4.69) is 10.4 Å². The molecule has 184 valence electrons. The van der Waals surface area contributed by atoms with E-state index in [4.69, 9.17) is 11.6 Å². The number of carbonyl (C=O) groups excluding carboxylic acids is 1. The van der Waals surface area contributed by atoms with Crippen LogP contribution in [0.2, 0.25) is 5.02 Å². The van der Waals surface area contributed by atoms with Crippen LogP contribution in [0.3, 0.4) is 0 Å². The van der Waals surface area contributed by atoms with Crippen molar-refractivity contribution in [1.29, 1.82) is 0 Å². The van der Waals surface area contributed by atoms with Crippen LogP contribution in [0.4, 0.5) is 4.39 Å². The molecule has 0 atom stereocenters. The molecule has 0 unspecified atom stereocenters. The Morgan fingerprint density at radius 3 is 2.51 bits per heavy atom. The second-order valence-electron chi connectivity index (χ2n) is 9.31. The summed E-state index contributed by atoms with van der Waals surface area (Å²) in [5.41, 5.74) is 0.346. The van der Waals surface area contributed by atoms with Gasteiger partial charge in [0.15, 0.2) is 0 Å². The Bertz CT molecular complexity index is 1550. The van der Waals surface area contributed by atoms with Gasteiger partial charge in [-0.3, -0.25) is 14.2 Å². The highest BCUT2D eigenvalue weighted by Crippen LogP contribution is 2.19. The van der Waals surface area contributed by atoms with Crippen LogP contribution in [-0.4, -0.2) is 30.7 Å². The van der Waals surface area contributed by atoms with Crippen LogP contribution in [0.5, 0.6) is 0 Å². The van der Waals surface area contributed by atoms with Crippen molar-refractivity contribution >= 4 is 34.2 Å². The third-order valence-electron chi connectivity index (χ3n) is 5.73.